The summed E-state index contributed by atoms with van der Waals surface area (Å²) in [4.78, 5) is 0. The Bertz CT molecular complexity index is 463. The standard InChI is InChI=1S/C11H10Cl2NO/c12-6-10(7-15)14-4-3-8-5-9(13)1-2-11(8)14/h1-2,4-5,10,15H,6-7H2. The molecule has 1 aromatic heterocycles. The van der Waals surface area contributed by atoms with Crippen molar-refractivity contribution in [3.05, 3.63) is 35.5 Å². The van der Waals surface area contributed by atoms with Gasteiger partial charge in [-0.15, -0.1) is 11.6 Å². The summed E-state index contributed by atoms with van der Waals surface area (Å²) in [6.07, 6.45) is 1.80. The van der Waals surface area contributed by atoms with E-state index in [-0.39, 0.29) is 12.6 Å². The van der Waals surface area contributed by atoms with E-state index in [1.165, 1.54) is 0 Å². The number of alkyl halides is 1. The molecule has 1 aromatic carbocycles. The molecule has 1 radical (unpaired) electrons. The lowest BCUT2D eigenvalue weighted by Crippen LogP contribution is -2.13. The summed E-state index contributed by atoms with van der Waals surface area (Å²) < 4.78 is 1.92. The minimum absolute atomic E-state index is 0.0176. The highest BCUT2D eigenvalue weighted by molar-refractivity contribution is 6.31. The number of aromatic nitrogens is 1. The molecule has 1 unspecified atom stereocenters. The number of rotatable bonds is 3. The van der Waals surface area contributed by atoms with Gasteiger partial charge in [-0.2, -0.15) is 0 Å². The zero-order valence-corrected chi connectivity index (χ0v) is 9.46. The second-order valence-corrected chi connectivity index (χ2v) is 4.08. The molecule has 0 aliphatic heterocycles. The van der Waals surface area contributed by atoms with Crippen molar-refractivity contribution in [1.82, 2.24) is 4.57 Å². The third-order valence-electron chi connectivity index (χ3n) is 2.38. The van der Waals surface area contributed by atoms with E-state index in [2.05, 4.69) is 6.07 Å². The summed E-state index contributed by atoms with van der Waals surface area (Å²) in [5.41, 5.74) is 0.985. The molecular formula is C11H10Cl2NO. The summed E-state index contributed by atoms with van der Waals surface area (Å²) in [6, 6.07) is 8.54. The van der Waals surface area contributed by atoms with Crippen LogP contribution in [0.25, 0.3) is 10.9 Å². The lowest BCUT2D eigenvalue weighted by molar-refractivity contribution is 0.243. The van der Waals surface area contributed by atoms with Crippen molar-refractivity contribution in [2.45, 2.75) is 6.04 Å². The van der Waals surface area contributed by atoms with Crippen LogP contribution in [0.2, 0.25) is 5.02 Å². The Balaban J connectivity index is 2.53. The van der Waals surface area contributed by atoms with Gasteiger partial charge in [0.05, 0.1) is 12.6 Å². The van der Waals surface area contributed by atoms with Crippen LogP contribution in [0.3, 0.4) is 0 Å². The van der Waals surface area contributed by atoms with Crippen LogP contribution in [0.4, 0.5) is 0 Å². The molecule has 0 fully saturated rings. The van der Waals surface area contributed by atoms with E-state index in [9.17, 15) is 0 Å². The number of hydrogen-bond donors (Lipinski definition) is 1. The van der Waals surface area contributed by atoms with E-state index >= 15 is 0 Å². The SMILES string of the molecule is OCC(CCl)n1c[c]c2cc(Cl)ccc21. The molecule has 0 amide bonds. The molecule has 0 saturated carbocycles. The zero-order chi connectivity index (χ0) is 10.8. The first-order valence-electron chi connectivity index (χ1n) is 4.61. The predicted octanol–water partition coefficient (Wildman–Crippen LogP) is 2.87. The Hall–Kier alpha value is -0.700. The molecule has 0 bridgehead atoms. The van der Waals surface area contributed by atoms with Crippen LogP contribution >= 0.6 is 23.2 Å². The van der Waals surface area contributed by atoms with Crippen LogP contribution in [0.15, 0.2) is 24.4 Å². The minimum Gasteiger partial charge on any atom is -0.394 e. The van der Waals surface area contributed by atoms with Gasteiger partial charge in [0.2, 0.25) is 0 Å². The second-order valence-electron chi connectivity index (χ2n) is 3.33. The van der Waals surface area contributed by atoms with E-state index in [4.69, 9.17) is 28.3 Å². The number of aliphatic hydroxyl groups is 1. The summed E-state index contributed by atoms with van der Waals surface area (Å²) >= 11 is 11.6. The molecule has 4 heteroatoms. The first kappa shape index (κ1) is 10.8. The maximum absolute atomic E-state index is 9.17. The highest BCUT2D eigenvalue weighted by Crippen LogP contribution is 2.23. The largest absolute Gasteiger partial charge is 0.394 e. The van der Waals surface area contributed by atoms with Gasteiger partial charge in [0.1, 0.15) is 0 Å². The van der Waals surface area contributed by atoms with Crippen LogP contribution in [-0.2, 0) is 0 Å². The first-order chi connectivity index (χ1) is 7.26. The van der Waals surface area contributed by atoms with Crippen LogP contribution in [0.1, 0.15) is 6.04 Å². The van der Waals surface area contributed by atoms with Crippen LogP contribution in [0, 0.1) is 6.07 Å². The van der Waals surface area contributed by atoms with Crippen molar-refractivity contribution in [2.75, 3.05) is 12.5 Å². The van der Waals surface area contributed by atoms with Gasteiger partial charge in [-0.05, 0) is 18.2 Å². The van der Waals surface area contributed by atoms with Gasteiger partial charge in [0.15, 0.2) is 0 Å². The minimum atomic E-state index is -0.110. The van der Waals surface area contributed by atoms with Crippen molar-refractivity contribution in [1.29, 1.82) is 0 Å². The van der Waals surface area contributed by atoms with Gasteiger partial charge >= 0.3 is 0 Å². The molecule has 2 aromatic rings. The number of aliphatic hydroxyl groups excluding tert-OH is 1. The summed E-state index contributed by atoms with van der Waals surface area (Å²) in [6.45, 7) is 0.0176. The molecule has 0 aliphatic rings. The fourth-order valence-electron chi connectivity index (χ4n) is 1.57. The third kappa shape index (κ3) is 1.98. The van der Waals surface area contributed by atoms with Crippen LogP contribution in [0.5, 0.6) is 0 Å². The predicted molar refractivity (Wildman–Crippen MR) is 62.6 cm³/mol. The Morgan fingerprint density at radius 1 is 1.47 bits per heavy atom. The average molecular weight is 243 g/mol. The van der Waals surface area contributed by atoms with E-state index < -0.39 is 0 Å². The lowest BCUT2D eigenvalue weighted by atomic mass is 10.2. The van der Waals surface area contributed by atoms with E-state index in [0.29, 0.717) is 10.9 Å². The van der Waals surface area contributed by atoms with E-state index in [1.807, 2.05) is 22.8 Å². The number of hydrogen-bond acceptors (Lipinski definition) is 1. The van der Waals surface area contributed by atoms with Crippen molar-refractivity contribution in [2.24, 2.45) is 0 Å². The van der Waals surface area contributed by atoms with Crippen LogP contribution < -0.4 is 0 Å². The monoisotopic (exact) mass is 242 g/mol. The zero-order valence-electron chi connectivity index (χ0n) is 7.95. The number of nitrogens with zero attached hydrogens (tertiary/aromatic N) is 1. The quantitative estimate of drug-likeness (QED) is 0.824. The summed E-state index contributed by atoms with van der Waals surface area (Å²) in [5, 5.41) is 10.8. The highest BCUT2D eigenvalue weighted by atomic mass is 35.5. The second kappa shape index (κ2) is 4.44. The van der Waals surface area contributed by atoms with Gasteiger partial charge in [-0.3, -0.25) is 0 Å². The van der Waals surface area contributed by atoms with Gasteiger partial charge in [0, 0.05) is 34.1 Å². The normalized spacial score (nSPS) is 13.3. The lowest BCUT2D eigenvalue weighted by Gasteiger charge is -2.14. The fourth-order valence-corrected chi connectivity index (χ4v) is 1.99. The van der Waals surface area contributed by atoms with Crippen molar-refractivity contribution < 1.29 is 5.11 Å². The van der Waals surface area contributed by atoms with Crippen LogP contribution in [-0.4, -0.2) is 22.2 Å². The van der Waals surface area contributed by atoms with E-state index in [0.717, 1.165) is 10.9 Å². The molecule has 0 saturated heterocycles. The summed E-state index contributed by atoms with van der Waals surface area (Å²) in [7, 11) is 0. The fraction of sp³-hybridized carbons (Fsp3) is 0.273. The van der Waals surface area contributed by atoms with Crippen molar-refractivity contribution >= 4 is 34.1 Å². The molecule has 2 nitrogen and oxygen atoms in total. The Kier molecular flexibility index (Phi) is 3.19. The van der Waals surface area contributed by atoms with Gasteiger partial charge in [-0.1, -0.05) is 11.6 Å². The maximum atomic E-state index is 9.17. The first-order valence-corrected chi connectivity index (χ1v) is 5.52. The number of halogens is 2. The Morgan fingerprint density at radius 3 is 2.93 bits per heavy atom. The number of benzene rings is 1. The molecule has 79 valence electrons. The smallest absolute Gasteiger partial charge is 0.0703 e. The third-order valence-corrected chi connectivity index (χ3v) is 2.97. The van der Waals surface area contributed by atoms with Gasteiger partial charge < -0.3 is 9.67 Å². The molecule has 1 N–H and O–H groups in total. The topological polar surface area (TPSA) is 25.2 Å². The molecular weight excluding hydrogens is 233 g/mol. The van der Waals surface area contributed by atoms with Gasteiger partial charge in [0.25, 0.3) is 0 Å². The average Bonchev–Trinajstić information content (AvgIpc) is 2.63. The Labute approximate surface area is 98.0 Å². The highest BCUT2D eigenvalue weighted by Gasteiger charge is 2.11. The van der Waals surface area contributed by atoms with Crippen molar-refractivity contribution in [3.63, 3.8) is 0 Å². The molecule has 0 aliphatic carbocycles. The maximum Gasteiger partial charge on any atom is 0.0703 e. The van der Waals surface area contributed by atoms with E-state index in [1.54, 1.807) is 6.20 Å². The molecule has 15 heavy (non-hydrogen) atoms. The molecule has 0 spiro atoms. The summed E-state index contributed by atoms with van der Waals surface area (Å²) in [5.74, 6) is 0.372. The molecule has 2 rings (SSSR count). The molecule has 1 heterocycles. The molecule has 1 atom stereocenters. The van der Waals surface area contributed by atoms with Crippen molar-refractivity contribution in [3.8, 4) is 0 Å². The van der Waals surface area contributed by atoms with Gasteiger partial charge in [-0.25, -0.2) is 0 Å². The Morgan fingerprint density at radius 2 is 2.27 bits per heavy atom. The number of fused-ring (bicyclic) bond motifs is 1.